The first-order valence-corrected chi connectivity index (χ1v) is 46.1. The molecule has 618 valence electrons. The average molecular weight is 1700 g/mol. The predicted molar refractivity (Wildman–Crippen MR) is 561 cm³/mol. The first kappa shape index (κ1) is 77.2. The van der Waals surface area contributed by atoms with Gasteiger partial charge in [-0.1, -0.05) is 376 Å². The van der Waals surface area contributed by atoms with Crippen molar-refractivity contribution in [3.63, 3.8) is 0 Å². The molecule has 0 saturated carbocycles. The van der Waals surface area contributed by atoms with Crippen LogP contribution < -0.4 is 9.80 Å². The topological polar surface area (TPSA) is 21.3 Å². The minimum atomic E-state index is 1.02. The summed E-state index contributed by atoms with van der Waals surface area (Å²) in [5.74, 6) is 0. The minimum absolute atomic E-state index is 1.02. The molecule has 0 spiro atoms. The summed E-state index contributed by atoms with van der Waals surface area (Å²) in [6.07, 6.45) is 0. The lowest BCUT2D eigenvalue weighted by Crippen LogP contribution is -2.12. The zero-order chi connectivity index (χ0) is 87.1. The van der Waals surface area contributed by atoms with Crippen LogP contribution in [0.3, 0.4) is 0 Å². The van der Waals surface area contributed by atoms with Gasteiger partial charge in [-0.2, -0.15) is 0 Å². The van der Waals surface area contributed by atoms with Crippen LogP contribution in [0.15, 0.2) is 504 Å². The number of thiophene rings is 1. The van der Waals surface area contributed by atoms with E-state index < -0.39 is 0 Å². The van der Waals surface area contributed by atoms with Crippen molar-refractivity contribution in [3.8, 4) is 117 Å². The number of benzene rings is 21. The molecule has 0 fully saturated rings. The molecule has 5 nitrogen and oxygen atoms in total. The number of hydrogen-bond donors (Lipinski definition) is 0. The van der Waals surface area contributed by atoms with E-state index in [0.29, 0.717) is 0 Å². The van der Waals surface area contributed by atoms with Gasteiger partial charge >= 0.3 is 0 Å². The Labute approximate surface area is 769 Å². The molecule has 4 heterocycles. The van der Waals surface area contributed by atoms with Gasteiger partial charge < -0.3 is 23.5 Å². The number of hydrogen-bond acceptors (Lipinski definition) is 3. The van der Waals surface area contributed by atoms with Crippen LogP contribution in [-0.2, 0) is 0 Å². The summed E-state index contributed by atoms with van der Waals surface area (Å²) >= 11 is 1.86. The van der Waals surface area contributed by atoms with Gasteiger partial charge in [0.05, 0.1) is 60.5 Å². The van der Waals surface area contributed by atoms with E-state index in [4.69, 9.17) is 0 Å². The molecule has 0 saturated heterocycles. The molecule has 25 aromatic rings. The van der Waals surface area contributed by atoms with Crippen molar-refractivity contribution in [1.82, 2.24) is 13.7 Å². The molecule has 0 aliphatic rings. The summed E-state index contributed by atoms with van der Waals surface area (Å²) in [4.78, 5) is 5.07. The maximum Gasteiger partial charge on any atom is 0.0640 e. The Hall–Kier alpha value is -17.2. The normalized spacial score (nSPS) is 11.6. The van der Waals surface area contributed by atoms with Crippen LogP contribution in [-0.4, -0.2) is 13.7 Å². The van der Waals surface area contributed by atoms with Crippen molar-refractivity contribution in [3.05, 3.63) is 504 Å². The number of para-hydroxylation sites is 5. The van der Waals surface area contributed by atoms with Gasteiger partial charge in [0.25, 0.3) is 0 Å². The Morgan fingerprint density at radius 1 is 0.167 bits per heavy atom. The first-order valence-electron chi connectivity index (χ1n) is 45.3. The number of nitrogens with zero attached hydrogens (tertiary/aromatic N) is 5. The fraction of sp³-hybridized carbons (Fsp3) is 0. The minimum Gasteiger partial charge on any atom is -0.309 e. The molecule has 0 aliphatic heterocycles. The Morgan fingerprint density at radius 2 is 0.485 bits per heavy atom. The molecule has 6 heteroatoms. The summed E-state index contributed by atoms with van der Waals surface area (Å²) in [6.45, 7) is 0. The van der Waals surface area contributed by atoms with Gasteiger partial charge in [0.15, 0.2) is 0 Å². The molecule has 21 aromatic carbocycles. The van der Waals surface area contributed by atoms with Gasteiger partial charge in [-0.15, -0.1) is 11.3 Å². The zero-order valence-corrected chi connectivity index (χ0v) is 72.9. The van der Waals surface area contributed by atoms with E-state index in [0.717, 1.165) is 179 Å². The van der Waals surface area contributed by atoms with Crippen LogP contribution >= 0.6 is 11.3 Å². The summed E-state index contributed by atoms with van der Waals surface area (Å²) in [6, 6.07) is 186. The first-order chi connectivity index (χ1) is 65.5. The summed E-state index contributed by atoms with van der Waals surface area (Å²) in [5, 5.41) is 9.68. The predicted octanol–water partition coefficient (Wildman–Crippen LogP) is 35.3. The van der Waals surface area contributed by atoms with Crippen LogP contribution in [0.25, 0.3) is 203 Å². The maximum atomic E-state index is 2.54. The highest BCUT2D eigenvalue weighted by Crippen LogP contribution is 2.55. The van der Waals surface area contributed by atoms with Gasteiger partial charge in [0.2, 0.25) is 0 Å². The second-order valence-corrected chi connectivity index (χ2v) is 35.1. The molecule has 0 amide bonds. The summed E-state index contributed by atoms with van der Waals surface area (Å²) in [7, 11) is 0. The third kappa shape index (κ3) is 13.1. The molecule has 25 rings (SSSR count). The second-order valence-electron chi connectivity index (χ2n) is 34.1. The largest absolute Gasteiger partial charge is 0.309 e. The van der Waals surface area contributed by atoms with Gasteiger partial charge in [-0.25, -0.2) is 0 Å². The molecule has 132 heavy (non-hydrogen) atoms. The van der Waals surface area contributed by atoms with Crippen molar-refractivity contribution in [2.45, 2.75) is 0 Å². The standard InChI is InChI=1S/C126H83N5S/c1-5-34-85(35-6-1)97-44-13-15-51-107(97)123-100(87-38-9-3-10-39-87)54-30-62-117(123)128(93-74-68-84(69-75-93)91-42-29-43-95(82-91)130-112-57-23-17-46-102(112)103-47-18-24-58-113(103)130)120-65-33-64-119-125(120)110-53-21-27-61-116(110)127(119)92-76-70-89(71-77-92)99-81-80-96(131-114-59-25-19-48-104(114)105-49-20-26-60-115(105)131)83-111(99)90-72-78-94(79-73-90)129(121-66-32-56-109-106-50-22-28-67-122(106)132-126(109)121)118-63-31-55-101(88-40-11-4-12-41-88)124(118)108-52-16-14-45-98(108)86-36-7-2-8-37-86/h1-83H. The lowest BCUT2D eigenvalue weighted by atomic mass is 9.87. The van der Waals surface area contributed by atoms with Crippen LogP contribution in [0.1, 0.15) is 0 Å². The van der Waals surface area contributed by atoms with Crippen molar-refractivity contribution >= 4 is 131 Å². The molecular weight excluding hydrogens is 1620 g/mol. The number of fused-ring (bicyclic) bond motifs is 12. The third-order valence-electron chi connectivity index (χ3n) is 26.7. The van der Waals surface area contributed by atoms with Gasteiger partial charge in [0.1, 0.15) is 0 Å². The Morgan fingerprint density at radius 3 is 1.01 bits per heavy atom. The number of aromatic nitrogens is 3. The van der Waals surface area contributed by atoms with Crippen LogP contribution in [0.4, 0.5) is 34.1 Å². The number of rotatable bonds is 18. The average Bonchev–Trinajstić information content (AvgIpc) is 1.56. The van der Waals surface area contributed by atoms with E-state index in [1.165, 1.54) is 58.3 Å². The Bertz CT molecular complexity index is 8640. The van der Waals surface area contributed by atoms with Crippen molar-refractivity contribution < 1.29 is 0 Å². The fourth-order valence-electron chi connectivity index (χ4n) is 20.8. The van der Waals surface area contributed by atoms with Gasteiger partial charge in [-0.05, 0) is 216 Å². The molecule has 0 atom stereocenters. The fourth-order valence-corrected chi connectivity index (χ4v) is 22.0. The molecule has 4 aromatic heterocycles. The lowest BCUT2D eigenvalue weighted by Gasteiger charge is -2.30. The van der Waals surface area contributed by atoms with Crippen LogP contribution in [0.2, 0.25) is 0 Å². The van der Waals surface area contributed by atoms with E-state index in [1.807, 2.05) is 11.3 Å². The zero-order valence-electron chi connectivity index (χ0n) is 72.1. The van der Waals surface area contributed by atoms with Crippen molar-refractivity contribution in [2.75, 3.05) is 9.80 Å². The van der Waals surface area contributed by atoms with Crippen molar-refractivity contribution in [1.29, 1.82) is 0 Å². The van der Waals surface area contributed by atoms with Gasteiger partial charge in [-0.3, -0.25) is 0 Å². The molecule has 0 unspecified atom stereocenters. The lowest BCUT2D eigenvalue weighted by molar-refractivity contribution is 1.18. The number of anilines is 6. The van der Waals surface area contributed by atoms with E-state index in [9.17, 15) is 0 Å². The quantitative estimate of drug-likeness (QED) is 0.0854. The highest BCUT2D eigenvalue weighted by Gasteiger charge is 2.30. The second kappa shape index (κ2) is 32.6. The Kier molecular flexibility index (Phi) is 19.1. The Balaban J connectivity index is 0.658. The monoisotopic (exact) mass is 1700 g/mol. The highest BCUT2D eigenvalue weighted by molar-refractivity contribution is 7.26. The molecule has 0 aliphatic carbocycles. The van der Waals surface area contributed by atoms with E-state index in [2.05, 4.69) is 527 Å². The van der Waals surface area contributed by atoms with Crippen molar-refractivity contribution in [2.24, 2.45) is 0 Å². The molecule has 0 N–H and O–H groups in total. The van der Waals surface area contributed by atoms with E-state index in [1.54, 1.807) is 0 Å². The van der Waals surface area contributed by atoms with E-state index in [-0.39, 0.29) is 0 Å². The summed E-state index contributed by atoms with van der Waals surface area (Å²) < 4.78 is 9.81. The van der Waals surface area contributed by atoms with Gasteiger partial charge in [0, 0.05) is 87.4 Å². The summed E-state index contributed by atoms with van der Waals surface area (Å²) in [5.41, 5.74) is 36.9. The smallest absolute Gasteiger partial charge is 0.0640 e. The van der Waals surface area contributed by atoms with E-state index >= 15 is 0 Å². The molecule has 0 bridgehead atoms. The molecular formula is C126H83N5S. The SMILES string of the molecule is c1ccc(-c2ccccc2-c2c(-c3ccccc3)cccc2N(c2ccc(-c3cc(-n4c5ccccc5c5ccccc54)ccc3-c3ccc(-n4c5ccccc5c5c(N(c6ccc(-c7cccc(-n8c9ccccc9c9ccccc98)c7)cc6)c6cccc(-c7ccccc7)c6-c6ccccc6-c6ccccc6)cccc54)cc3)cc2)c2cccc3c2sc2ccccc23)cc1. The highest BCUT2D eigenvalue weighted by atomic mass is 32.1. The molecule has 0 radical (unpaired) electrons. The maximum absolute atomic E-state index is 2.54. The van der Waals surface area contributed by atoms with Crippen LogP contribution in [0.5, 0.6) is 0 Å². The van der Waals surface area contributed by atoms with Crippen LogP contribution in [0, 0.1) is 0 Å². The third-order valence-corrected chi connectivity index (χ3v) is 27.9.